The molecule has 2 rings (SSSR count). The summed E-state index contributed by atoms with van der Waals surface area (Å²) < 4.78 is 0. The number of fused-ring (bicyclic) bond motifs is 1. The van der Waals surface area contributed by atoms with E-state index in [9.17, 15) is 4.79 Å². The maximum absolute atomic E-state index is 10.5. The largest absolute Gasteiger partial charge is 0.481 e. The zero-order valence-corrected chi connectivity index (χ0v) is 11.1. The number of carboxylic acid groups (broad SMARTS) is 1. The molecule has 1 aromatic carbocycles. The lowest BCUT2D eigenvalue weighted by molar-refractivity contribution is -0.137. The third-order valence-electron chi connectivity index (χ3n) is 3.97. The van der Waals surface area contributed by atoms with Crippen molar-refractivity contribution in [1.82, 2.24) is 0 Å². The Morgan fingerprint density at radius 3 is 2.72 bits per heavy atom. The van der Waals surface area contributed by atoms with Gasteiger partial charge < -0.3 is 5.11 Å². The van der Waals surface area contributed by atoms with E-state index in [0.717, 1.165) is 12.8 Å². The average Bonchev–Trinajstić information content (AvgIpc) is 2.37. The van der Waals surface area contributed by atoms with Gasteiger partial charge in [0.1, 0.15) is 0 Å². The standard InChI is InChI=1S/C16H22O2/c1-12(5-4-8-16(17)18)14-10-9-13-6-2-3-7-15(13)11-14/h9-12H,2-8H2,1H3,(H,17,18). The number of aliphatic carboxylic acids is 1. The Balaban J connectivity index is 1.97. The van der Waals surface area contributed by atoms with Gasteiger partial charge in [-0.1, -0.05) is 25.1 Å². The van der Waals surface area contributed by atoms with Gasteiger partial charge in [0.05, 0.1) is 0 Å². The Hall–Kier alpha value is -1.31. The summed E-state index contributed by atoms with van der Waals surface area (Å²) in [6.45, 7) is 2.20. The predicted molar refractivity (Wildman–Crippen MR) is 73.0 cm³/mol. The molecule has 1 aromatic rings. The number of benzene rings is 1. The van der Waals surface area contributed by atoms with Crippen LogP contribution in [0.5, 0.6) is 0 Å². The van der Waals surface area contributed by atoms with Gasteiger partial charge in [0.25, 0.3) is 0 Å². The second-order valence-corrected chi connectivity index (χ2v) is 5.42. The van der Waals surface area contributed by atoms with Crippen LogP contribution < -0.4 is 0 Å². The zero-order valence-electron chi connectivity index (χ0n) is 11.1. The molecule has 18 heavy (non-hydrogen) atoms. The monoisotopic (exact) mass is 246 g/mol. The molecule has 98 valence electrons. The molecule has 0 amide bonds. The maximum Gasteiger partial charge on any atom is 0.303 e. The Morgan fingerprint density at radius 2 is 2.00 bits per heavy atom. The number of carbonyl (C=O) groups is 1. The van der Waals surface area contributed by atoms with E-state index < -0.39 is 5.97 Å². The second kappa shape index (κ2) is 6.03. The van der Waals surface area contributed by atoms with Crippen molar-refractivity contribution < 1.29 is 9.90 Å². The van der Waals surface area contributed by atoms with E-state index in [1.807, 2.05) is 0 Å². The van der Waals surface area contributed by atoms with E-state index >= 15 is 0 Å². The summed E-state index contributed by atoms with van der Waals surface area (Å²) in [6, 6.07) is 6.85. The molecule has 0 bridgehead atoms. The molecule has 0 heterocycles. The van der Waals surface area contributed by atoms with Gasteiger partial charge in [0, 0.05) is 6.42 Å². The third-order valence-corrected chi connectivity index (χ3v) is 3.97. The van der Waals surface area contributed by atoms with E-state index in [4.69, 9.17) is 5.11 Å². The molecular weight excluding hydrogens is 224 g/mol. The molecule has 1 aliphatic carbocycles. The van der Waals surface area contributed by atoms with Crippen molar-refractivity contribution in [2.24, 2.45) is 0 Å². The van der Waals surface area contributed by atoms with Crippen molar-refractivity contribution in [3.8, 4) is 0 Å². The van der Waals surface area contributed by atoms with Crippen LogP contribution in [0.15, 0.2) is 18.2 Å². The van der Waals surface area contributed by atoms with Gasteiger partial charge in [-0.3, -0.25) is 4.79 Å². The summed E-state index contributed by atoms with van der Waals surface area (Å²) in [7, 11) is 0. The Labute approximate surface area is 109 Å². The van der Waals surface area contributed by atoms with Crippen molar-refractivity contribution in [3.63, 3.8) is 0 Å². The minimum Gasteiger partial charge on any atom is -0.481 e. The molecule has 0 radical (unpaired) electrons. The lowest BCUT2D eigenvalue weighted by Gasteiger charge is -2.19. The van der Waals surface area contributed by atoms with Gasteiger partial charge in [-0.15, -0.1) is 0 Å². The Kier molecular flexibility index (Phi) is 4.40. The van der Waals surface area contributed by atoms with Gasteiger partial charge in [0.2, 0.25) is 0 Å². The first-order valence-corrected chi connectivity index (χ1v) is 7.00. The highest BCUT2D eigenvalue weighted by Crippen LogP contribution is 2.27. The number of hydrogen-bond acceptors (Lipinski definition) is 1. The Morgan fingerprint density at radius 1 is 1.28 bits per heavy atom. The molecular formula is C16H22O2. The van der Waals surface area contributed by atoms with E-state index in [1.165, 1.54) is 42.4 Å². The summed E-state index contributed by atoms with van der Waals surface area (Å²) >= 11 is 0. The number of aryl methyl sites for hydroxylation is 2. The van der Waals surface area contributed by atoms with Crippen molar-refractivity contribution in [2.45, 2.75) is 57.8 Å². The van der Waals surface area contributed by atoms with Crippen LogP contribution in [0, 0.1) is 0 Å². The highest BCUT2D eigenvalue weighted by molar-refractivity contribution is 5.66. The average molecular weight is 246 g/mol. The number of hydrogen-bond donors (Lipinski definition) is 1. The summed E-state index contributed by atoms with van der Waals surface area (Å²) in [4.78, 5) is 10.5. The van der Waals surface area contributed by atoms with Crippen LogP contribution in [0.25, 0.3) is 0 Å². The van der Waals surface area contributed by atoms with Crippen molar-refractivity contribution in [2.75, 3.05) is 0 Å². The maximum atomic E-state index is 10.5. The first kappa shape index (κ1) is 13.1. The van der Waals surface area contributed by atoms with Crippen LogP contribution in [0.4, 0.5) is 0 Å². The smallest absolute Gasteiger partial charge is 0.303 e. The van der Waals surface area contributed by atoms with Crippen LogP contribution in [0.2, 0.25) is 0 Å². The molecule has 1 atom stereocenters. The lowest BCUT2D eigenvalue weighted by Crippen LogP contribution is -2.05. The van der Waals surface area contributed by atoms with Crippen molar-refractivity contribution in [1.29, 1.82) is 0 Å². The Bertz CT molecular complexity index is 423. The first-order chi connectivity index (χ1) is 8.66. The minimum absolute atomic E-state index is 0.287. The first-order valence-electron chi connectivity index (χ1n) is 7.00. The van der Waals surface area contributed by atoms with Gasteiger partial charge in [-0.05, 0) is 61.1 Å². The van der Waals surface area contributed by atoms with Crippen LogP contribution in [0.3, 0.4) is 0 Å². The molecule has 0 saturated heterocycles. The molecule has 0 fully saturated rings. The van der Waals surface area contributed by atoms with E-state index in [1.54, 1.807) is 0 Å². The highest BCUT2D eigenvalue weighted by Gasteiger charge is 2.12. The molecule has 0 aromatic heterocycles. The van der Waals surface area contributed by atoms with Gasteiger partial charge in [-0.2, -0.15) is 0 Å². The van der Waals surface area contributed by atoms with E-state index in [2.05, 4.69) is 25.1 Å². The van der Waals surface area contributed by atoms with Crippen molar-refractivity contribution >= 4 is 5.97 Å². The predicted octanol–water partition coefficient (Wildman–Crippen LogP) is 3.92. The second-order valence-electron chi connectivity index (χ2n) is 5.42. The topological polar surface area (TPSA) is 37.3 Å². The fraction of sp³-hybridized carbons (Fsp3) is 0.562. The molecule has 1 aliphatic rings. The molecule has 1 unspecified atom stereocenters. The van der Waals surface area contributed by atoms with Crippen LogP contribution in [-0.4, -0.2) is 11.1 Å². The SMILES string of the molecule is CC(CCCC(=O)O)c1ccc2c(c1)CCCC2. The molecule has 0 aliphatic heterocycles. The number of rotatable bonds is 5. The van der Waals surface area contributed by atoms with Gasteiger partial charge in [-0.25, -0.2) is 0 Å². The van der Waals surface area contributed by atoms with E-state index in [-0.39, 0.29) is 6.42 Å². The summed E-state index contributed by atoms with van der Waals surface area (Å²) in [5.74, 6) is -0.218. The van der Waals surface area contributed by atoms with Gasteiger partial charge in [0.15, 0.2) is 0 Å². The summed E-state index contributed by atoms with van der Waals surface area (Å²) in [6.07, 6.45) is 7.09. The van der Waals surface area contributed by atoms with Crippen LogP contribution >= 0.6 is 0 Å². The minimum atomic E-state index is -0.687. The fourth-order valence-electron chi connectivity index (χ4n) is 2.79. The zero-order chi connectivity index (χ0) is 13.0. The van der Waals surface area contributed by atoms with Gasteiger partial charge >= 0.3 is 5.97 Å². The third kappa shape index (κ3) is 3.34. The normalized spacial score (nSPS) is 16.1. The number of carboxylic acids is 1. The summed E-state index contributed by atoms with van der Waals surface area (Å²) in [5, 5.41) is 8.66. The van der Waals surface area contributed by atoms with Crippen molar-refractivity contribution in [3.05, 3.63) is 34.9 Å². The molecule has 2 nitrogen and oxygen atoms in total. The molecule has 2 heteroatoms. The quantitative estimate of drug-likeness (QED) is 0.854. The molecule has 0 spiro atoms. The highest BCUT2D eigenvalue weighted by atomic mass is 16.4. The molecule has 0 saturated carbocycles. The summed E-state index contributed by atoms with van der Waals surface area (Å²) in [5.41, 5.74) is 4.41. The van der Waals surface area contributed by atoms with Crippen LogP contribution in [0.1, 0.15) is 61.6 Å². The fourth-order valence-corrected chi connectivity index (χ4v) is 2.79. The van der Waals surface area contributed by atoms with E-state index in [0.29, 0.717) is 5.92 Å². The van der Waals surface area contributed by atoms with Crippen LogP contribution in [-0.2, 0) is 17.6 Å². The lowest BCUT2D eigenvalue weighted by atomic mass is 9.87. The molecule has 1 N–H and O–H groups in total.